The van der Waals surface area contributed by atoms with Gasteiger partial charge in [0.2, 0.25) is 5.91 Å². The van der Waals surface area contributed by atoms with E-state index in [1.165, 1.54) is 0 Å². The Kier molecular flexibility index (Phi) is 4.43. The molecule has 0 aromatic heterocycles. The van der Waals surface area contributed by atoms with Crippen LogP contribution in [0.25, 0.3) is 0 Å². The second-order valence-electron chi connectivity index (χ2n) is 4.04. The van der Waals surface area contributed by atoms with Crippen LogP contribution in [0.15, 0.2) is 23.1 Å². The van der Waals surface area contributed by atoms with Gasteiger partial charge in [-0.05, 0) is 12.1 Å². The topological polar surface area (TPSA) is 161 Å². The zero-order valence-corrected chi connectivity index (χ0v) is 11.1. The maximum absolute atomic E-state index is 11.3. The first-order valence-corrected chi connectivity index (χ1v) is 7.08. The number of nitrogens with zero attached hydrogens (tertiary/aromatic N) is 1. The third-order valence-electron chi connectivity index (χ3n) is 2.54. The van der Waals surface area contributed by atoms with Crippen molar-refractivity contribution in [2.45, 2.75) is 17.1 Å². The van der Waals surface area contributed by atoms with E-state index in [-0.39, 0.29) is 4.90 Å². The zero-order valence-electron chi connectivity index (χ0n) is 10.3. The summed E-state index contributed by atoms with van der Waals surface area (Å²) in [7, 11) is -3.68. The number of aliphatic hydroxyl groups is 2. The predicted octanol–water partition coefficient (Wildman–Crippen LogP) is -1.12. The maximum Gasteiger partial charge on any atom is 0.276 e. The fourth-order valence-electron chi connectivity index (χ4n) is 1.49. The highest BCUT2D eigenvalue weighted by atomic mass is 32.2. The number of amides is 1. The van der Waals surface area contributed by atoms with Gasteiger partial charge in [0.25, 0.3) is 5.69 Å². The van der Waals surface area contributed by atoms with E-state index >= 15 is 0 Å². The molecule has 0 fully saturated rings. The zero-order chi connectivity index (χ0) is 15.7. The monoisotopic (exact) mass is 304 g/mol. The van der Waals surface area contributed by atoms with E-state index in [1.807, 2.05) is 0 Å². The first-order chi connectivity index (χ1) is 9.05. The fourth-order valence-corrected chi connectivity index (χ4v) is 2.13. The van der Waals surface area contributed by atoms with Crippen LogP contribution in [0.2, 0.25) is 0 Å². The van der Waals surface area contributed by atoms with Gasteiger partial charge in [0.05, 0.1) is 15.4 Å². The molecule has 9 nitrogen and oxygen atoms in total. The molecule has 10 heteroatoms. The highest BCUT2D eigenvalue weighted by Crippen LogP contribution is 2.29. The Morgan fingerprint density at radius 1 is 1.40 bits per heavy atom. The van der Waals surface area contributed by atoms with Gasteiger partial charge in [0.1, 0.15) is 6.10 Å². The van der Waals surface area contributed by atoms with Crippen molar-refractivity contribution in [3.8, 4) is 0 Å². The van der Waals surface area contributed by atoms with E-state index < -0.39 is 44.1 Å². The van der Waals surface area contributed by atoms with Gasteiger partial charge in [-0.3, -0.25) is 14.9 Å². The van der Waals surface area contributed by atoms with Crippen molar-refractivity contribution >= 4 is 21.4 Å². The van der Waals surface area contributed by atoms with E-state index in [1.54, 1.807) is 0 Å². The van der Waals surface area contributed by atoms with Gasteiger partial charge >= 0.3 is 0 Å². The van der Waals surface area contributed by atoms with Gasteiger partial charge in [-0.1, -0.05) is 0 Å². The quantitative estimate of drug-likeness (QED) is 0.458. The summed E-state index contributed by atoms with van der Waals surface area (Å²) in [6.07, 6.45) is -3.11. The van der Waals surface area contributed by atoms with Crippen molar-refractivity contribution in [1.29, 1.82) is 0 Å². The Morgan fingerprint density at radius 2 is 1.95 bits per heavy atom. The Labute approximate surface area is 113 Å². The second-order valence-corrected chi connectivity index (χ2v) is 6.06. The summed E-state index contributed by atoms with van der Waals surface area (Å²) in [4.78, 5) is 20.4. The summed E-state index contributed by atoms with van der Waals surface area (Å²) in [6, 6.07) is 2.71. The molecule has 0 aliphatic carbocycles. The Balaban J connectivity index is 3.42. The van der Waals surface area contributed by atoms with Crippen molar-refractivity contribution in [1.82, 2.24) is 0 Å². The molecule has 0 saturated heterocycles. The number of carbonyl (C=O) groups is 1. The molecule has 1 aromatic carbocycles. The van der Waals surface area contributed by atoms with Crippen molar-refractivity contribution < 1.29 is 28.3 Å². The van der Waals surface area contributed by atoms with Gasteiger partial charge in [0.15, 0.2) is 15.9 Å². The van der Waals surface area contributed by atoms with Crippen LogP contribution in [0, 0.1) is 10.1 Å². The minimum absolute atomic E-state index is 0.325. The van der Waals surface area contributed by atoms with Crippen LogP contribution in [0.3, 0.4) is 0 Å². The van der Waals surface area contributed by atoms with Crippen molar-refractivity contribution in [2.75, 3.05) is 6.26 Å². The molecule has 0 spiro atoms. The van der Waals surface area contributed by atoms with Crippen molar-refractivity contribution in [3.63, 3.8) is 0 Å². The van der Waals surface area contributed by atoms with Crippen LogP contribution in [0.4, 0.5) is 5.69 Å². The standard InChI is InChI=1S/C10H12N2O7S/c1-20(18,19)5-2-3-6(7(4-5)12(16)17)8(13)9(14)10(11)15/h2-4,8-9,13-14H,1H3,(H2,11,15). The molecule has 4 N–H and O–H groups in total. The number of nitro benzene ring substituents is 1. The van der Waals surface area contributed by atoms with Gasteiger partial charge in [0, 0.05) is 12.3 Å². The molecule has 2 unspecified atom stereocenters. The summed E-state index contributed by atoms with van der Waals surface area (Å²) in [5, 5.41) is 29.9. The molecule has 2 atom stereocenters. The first kappa shape index (κ1) is 16.0. The van der Waals surface area contributed by atoms with Crippen LogP contribution in [0.1, 0.15) is 11.7 Å². The number of aliphatic hydroxyl groups excluding tert-OH is 2. The molecule has 0 heterocycles. The molecule has 1 amide bonds. The summed E-state index contributed by atoms with van der Waals surface area (Å²) in [5.41, 5.74) is 3.64. The highest BCUT2D eigenvalue weighted by Gasteiger charge is 2.30. The van der Waals surface area contributed by atoms with E-state index in [0.29, 0.717) is 0 Å². The summed E-state index contributed by atoms with van der Waals surface area (Å²) in [5.74, 6) is -1.26. The van der Waals surface area contributed by atoms with E-state index in [4.69, 9.17) is 5.73 Å². The lowest BCUT2D eigenvalue weighted by atomic mass is 10.0. The summed E-state index contributed by atoms with van der Waals surface area (Å²) < 4.78 is 22.6. The number of benzene rings is 1. The number of nitrogens with two attached hydrogens (primary N) is 1. The average Bonchev–Trinajstić information content (AvgIpc) is 2.34. The van der Waals surface area contributed by atoms with Crippen LogP contribution < -0.4 is 5.73 Å². The SMILES string of the molecule is CS(=O)(=O)c1ccc(C(O)C(O)C(N)=O)c([N+](=O)[O-])c1. The van der Waals surface area contributed by atoms with E-state index in [9.17, 15) is 33.5 Å². The number of hydrogen-bond donors (Lipinski definition) is 3. The van der Waals surface area contributed by atoms with E-state index in [0.717, 1.165) is 24.5 Å². The maximum atomic E-state index is 11.3. The number of primary amides is 1. The fraction of sp³-hybridized carbons (Fsp3) is 0.300. The third kappa shape index (κ3) is 3.29. The Morgan fingerprint density at radius 3 is 2.35 bits per heavy atom. The van der Waals surface area contributed by atoms with Crippen molar-refractivity contribution in [2.24, 2.45) is 5.73 Å². The molecule has 0 aliphatic heterocycles. The first-order valence-electron chi connectivity index (χ1n) is 5.19. The number of sulfone groups is 1. The molecule has 20 heavy (non-hydrogen) atoms. The van der Waals surface area contributed by atoms with Gasteiger partial charge in [-0.2, -0.15) is 0 Å². The molecule has 1 aromatic rings. The lowest BCUT2D eigenvalue weighted by Gasteiger charge is -2.15. The third-order valence-corrected chi connectivity index (χ3v) is 3.65. The Bertz CT molecular complexity index is 656. The number of rotatable bonds is 5. The van der Waals surface area contributed by atoms with Crippen LogP contribution in [-0.4, -0.2) is 41.8 Å². The normalized spacial score (nSPS) is 14.6. The molecule has 1 rings (SSSR count). The average molecular weight is 304 g/mol. The predicted molar refractivity (Wildman–Crippen MR) is 66.4 cm³/mol. The molecular formula is C10H12N2O7S. The Hall–Kier alpha value is -2.04. The number of carbonyl (C=O) groups excluding carboxylic acids is 1. The minimum Gasteiger partial charge on any atom is -0.385 e. The van der Waals surface area contributed by atoms with Crippen LogP contribution >= 0.6 is 0 Å². The molecule has 0 saturated carbocycles. The number of hydrogen-bond acceptors (Lipinski definition) is 7. The largest absolute Gasteiger partial charge is 0.385 e. The molecule has 0 aliphatic rings. The smallest absolute Gasteiger partial charge is 0.276 e. The summed E-state index contributed by atoms with van der Waals surface area (Å²) in [6.45, 7) is 0. The lowest BCUT2D eigenvalue weighted by Crippen LogP contribution is -2.34. The van der Waals surface area contributed by atoms with Gasteiger partial charge < -0.3 is 15.9 Å². The van der Waals surface area contributed by atoms with Crippen LogP contribution in [-0.2, 0) is 14.6 Å². The molecule has 110 valence electrons. The summed E-state index contributed by atoms with van der Waals surface area (Å²) >= 11 is 0. The molecular weight excluding hydrogens is 292 g/mol. The van der Waals surface area contributed by atoms with Gasteiger partial charge in [-0.15, -0.1) is 0 Å². The van der Waals surface area contributed by atoms with Gasteiger partial charge in [-0.25, -0.2) is 8.42 Å². The highest BCUT2D eigenvalue weighted by molar-refractivity contribution is 7.90. The van der Waals surface area contributed by atoms with E-state index in [2.05, 4.69) is 0 Å². The van der Waals surface area contributed by atoms with Crippen molar-refractivity contribution in [3.05, 3.63) is 33.9 Å². The number of nitro groups is 1. The molecule has 0 bridgehead atoms. The lowest BCUT2D eigenvalue weighted by molar-refractivity contribution is -0.386. The molecule has 0 radical (unpaired) electrons. The van der Waals surface area contributed by atoms with Crippen LogP contribution in [0.5, 0.6) is 0 Å². The minimum atomic E-state index is -3.68. The second kappa shape index (κ2) is 5.53.